The lowest BCUT2D eigenvalue weighted by Crippen LogP contribution is -2.51. The van der Waals surface area contributed by atoms with E-state index in [4.69, 9.17) is 4.74 Å². The standard InChI is InChI=1S/C15H18F3NO6S/c16-15(17,18)7-4-8-26(23,24)10-12(13(20)21)19-14(22)25-9-11-5-2-1-3-6-11/h1-3,5-6,12H,4,7-10H2,(H,19,22)(H,20,21)/p-1/t12-/m1/s1. The number of aliphatic carboxylic acids is 1. The molecule has 0 aliphatic rings. The van der Waals surface area contributed by atoms with Crippen LogP contribution in [0.3, 0.4) is 0 Å². The number of nitrogens with one attached hydrogen (secondary N) is 1. The minimum atomic E-state index is -4.51. The lowest BCUT2D eigenvalue weighted by molar-refractivity contribution is -0.307. The summed E-state index contributed by atoms with van der Waals surface area (Å²) >= 11 is 0. The molecule has 0 unspecified atom stereocenters. The molecule has 11 heteroatoms. The molecule has 1 amide bonds. The summed E-state index contributed by atoms with van der Waals surface area (Å²) in [6, 6.07) is 6.47. The van der Waals surface area contributed by atoms with Crippen LogP contribution in [0.15, 0.2) is 30.3 Å². The highest BCUT2D eigenvalue weighted by atomic mass is 32.2. The van der Waals surface area contributed by atoms with Crippen LogP contribution in [0.2, 0.25) is 0 Å². The zero-order valence-corrected chi connectivity index (χ0v) is 14.3. The first-order valence-corrected chi connectivity index (χ1v) is 9.26. The van der Waals surface area contributed by atoms with E-state index in [1.54, 1.807) is 30.3 Å². The summed E-state index contributed by atoms with van der Waals surface area (Å²) in [4.78, 5) is 22.6. The number of carbonyl (C=O) groups is 2. The van der Waals surface area contributed by atoms with Gasteiger partial charge >= 0.3 is 12.3 Å². The van der Waals surface area contributed by atoms with Gasteiger partial charge in [-0.2, -0.15) is 13.2 Å². The van der Waals surface area contributed by atoms with Crippen molar-refractivity contribution < 1.29 is 41.0 Å². The Labute approximate surface area is 148 Å². The molecular formula is C15H17F3NO6S-. The van der Waals surface area contributed by atoms with Crippen molar-refractivity contribution in [3.05, 3.63) is 35.9 Å². The smallest absolute Gasteiger partial charge is 0.408 e. The molecule has 0 radical (unpaired) electrons. The number of ether oxygens (including phenoxy) is 1. The van der Waals surface area contributed by atoms with Crippen LogP contribution in [-0.2, 0) is 26.0 Å². The Morgan fingerprint density at radius 1 is 1.19 bits per heavy atom. The van der Waals surface area contributed by atoms with E-state index in [0.29, 0.717) is 5.56 Å². The summed E-state index contributed by atoms with van der Waals surface area (Å²) < 4.78 is 64.4. The van der Waals surface area contributed by atoms with Gasteiger partial charge in [0.15, 0.2) is 9.84 Å². The number of alkyl halides is 3. The fraction of sp³-hybridized carbons (Fsp3) is 0.467. The SMILES string of the molecule is O=C(N[C@H](CS(=O)(=O)CCCC(F)(F)F)C(=O)[O-])OCc1ccccc1. The van der Waals surface area contributed by atoms with E-state index >= 15 is 0 Å². The van der Waals surface area contributed by atoms with Crippen molar-refractivity contribution in [3.8, 4) is 0 Å². The van der Waals surface area contributed by atoms with Crippen molar-refractivity contribution in [1.29, 1.82) is 0 Å². The second-order valence-corrected chi connectivity index (χ2v) is 7.64. The maximum absolute atomic E-state index is 12.0. The predicted molar refractivity (Wildman–Crippen MR) is 82.5 cm³/mol. The van der Waals surface area contributed by atoms with Gasteiger partial charge in [-0.25, -0.2) is 13.2 Å². The van der Waals surface area contributed by atoms with E-state index in [-0.39, 0.29) is 6.61 Å². The van der Waals surface area contributed by atoms with Gasteiger partial charge in [0.2, 0.25) is 0 Å². The van der Waals surface area contributed by atoms with Crippen molar-refractivity contribution in [1.82, 2.24) is 5.32 Å². The average Bonchev–Trinajstić information content (AvgIpc) is 2.51. The second-order valence-electron chi connectivity index (χ2n) is 5.41. The Hall–Kier alpha value is -2.30. The van der Waals surface area contributed by atoms with E-state index < -0.39 is 58.5 Å². The van der Waals surface area contributed by atoms with Gasteiger partial charge in [0, 0.05) is 6.42 Å². The molecule has 1 atom stereocenters. The summed E-state index contributed by atoms with van der Waals surface area (Å²) in [5.41, 5.74) is 0.618. The molecule has 0 saturated heterocycles. The van der Waals surface area contributed by atoms with Gasteiger partial charge < -0.3 is 20.0 Å². The molecule has 1 N–H and O–H groups in total. The number of hydrogen-bond donors (Lipinski definition) is 1. The lowest BCUT2D eigenvalue weighted by atomic mass is 10.2. The summed E-state index contributed by atoms with van der Waals surface area (Å²) in [6.45, 7) is -0.176. The average molecular weight is 396 g/mol. The van der Waals surface area contributed by atoms with Crippen LogP contribution in [-0.4, -0.2) is 44.2 Å². The highest BCUT2D eigenvalue weighted by molar-refractivity contribution is 7.91. The number of rotatable bonds is 9. The predicted octanol–water partition coefficient (Wildman–Crippen LogP) is 0.789. The maximum atomic E-state index is 12.0. The molecule has 1 aromatic carbocycles. The summed E-state index contributed by atoms with van der Waals surface area (Å²) in [7, 11) is -4.15. The van der Waals surface area contributed by atoms with E-state index in [2.05, 4.69) is 0 Å². The quantitative estimate of drug-likeness (QED) is 0.660. The Morgan fingerprint density at radius 3 is 2.35 bits per heavy atom. The molecule has 0 spiro atoms. The van der Waals surface area contributed by atoms with Crippen LogP contribution in [0.4, 0.5) is 18.0 Å². The molecule has 1 rings (SSSR count). The molecule has 0 heterocycles. The van der Waals surface area contributed by atoms with Crippen LogP contribution in [0.5, 0.6) is 0 Å². The molecule has 0 aromatic heterocycles. The fourth-order valence-electron chi connectivity index (χ4n) is 1.91. The molecule has 7 nitrogen and oxygen atoms in total. The topological polar surface area (TPSA) is 113 Å². The highest BCUT2D eigenvalue weighted by Gasteiger charge is 2.28. The molecule has 146 valence electrons. The third-order valence-corrected chi connectivity index (χ3v) is 4.88. The zero-order chi connectivity index (χ0) is 19.8. The minimum Gasteiger partial charge on any atom is -0.548 e. The number of carboxylic acids is 1. The minimum absolute atomic E-state index is 0.176. The number of carboxylic acid groups (broad SMARTS) is 1. The summed E-state index contributed by atoms with van der Waals surface area (Å²) in [5, 5.41) is 12.8. The fourth-order valence-corrected chi connectivity index (χ4v) is 3.38. The number of alkyl carbamates (subject to hydrolysis) is 1. The normalized spacial score (nSPS) is 13.0. The van der Waals surface area contributed by atoms with E-state index in [1.807, 2.05) is 5.32 Å². The zero-order valence-electron chi connectivity index (χ0n) is 13.5. The van der Waals surface area contributed by atoms with Gasteiger partial charge in [0.05, 0.1) is 23.5 Å². The molecule has 0 fully saturated rings. The molecule has 1 aromatic rings. The van der Waals surface area contributed by atoms with Crippen molar-refractivity contribution >= 4 is 21.9 Å². The van der Waals surface area contributed by atoms with Crippen LogP contribution in [0.1, 0.15) is 18.4 Å². The first-order valence-electron chi connectivity index (χ1n) is 7.44. The molecule has 0 saturated carbocycles. The van der Waals surface area contributed by atoms with E-state index in [9.17, 15) is 36.3 Å². The van der Waals surface area contributed by atoms with Crippen LogP contribution >= 0.6 is 0 Å². The third-order valence-electron chi connectivity index (χ3n) is 3.13. The van der Waals surface area contributed by atoms with Crippen molar-refractivity contribution in [3.63, 3.8) is 0 Å². The molecule has 0 aliphatic heterocycles. The molecule has 0 aliphatic carbocycles. The van der Waals surface area contributed by atoms with Crippen molar-refractivity contribution in [2.24, 2.45) is 0 Å². The van der Waals surface area contributed by atoms with Gasteiger partial charge in [0.1, 0.15) is 6.61 Å². The van der Waals surface area contributed by atoms with Crippen LogP contribution in [0.25, 0.3) is 0 Å². The number of benzene rings is 1. The van der Waals surface area contributed by atoms with Gasteiger partial charge in [-0.3, -0.25) is 0 Å². The van der Waals surface area contributed by atoms with Gasteiger partial charge in [-0.05, 0) is 12.0 Å². The van der Waals surface area contributed by atoms with Crippen molar-refractivity contribution in [2.75, 3.05) is 11.5 Å². The molecule has 0 bridgehead atoms. The summed E-state index contributed by atoms with van der Waals surface area (Å²) in [5.74, 6) is -3.84. The lowest BCUT2D eigenvalue weighted by Gasteiger charge is -2.19. The first kappa shape index (κ1) is 21.7. The van der Waals surface area contributed by atoms with Crippen LogP contribution in [0, 0.1) is 0 Å². The Bertz CT molecular complexity index is 706. The van der Waals surface area contributed by atoms with Crippen molar-refractivity contribution in [2.45, 2.75) is 31.7 Å². The number of sulfone groups is 1. The third kappa shape index (κ3) is 9.25. The van der Waals surface area contributed by atoms with Gasteiger partial charge in [-0.1, -0.05) is 30.3 Å². The van der Waals surface area contributed by atoms with Crippen LogP contribution < -0.4 is 10.4 Å². The maximum Gasteiger partial charge on any atom is 0.408 e. The number of hydrogen-bond acceptors (Lipinski definition) is 6. The Kier molecular flexibility index (Phi) is 7.87. The second kappa shape index (κ2) is 9.41. The number of halogens is 3. The molecular weight excluding hydrogens is 379 g/mol. The summed E-state index contributed by atoms with van der Waals surface area (Å²) in [6.07, 6.45) is -7.71. The highest BCUT2D eigenvalue weighted by Crippen LogP contribution is 2.21. The van der Waals surface area contributed by atoms with E-state index in [1.165, 1.54) is 0 Å². The monoisotopic (exact) mass is 396 g/mol. The number of carbonyl (C=O) groups excluding carboxylic acids is 2. The van der Waals surface area contributed by atoms with Gasteiger partial charge in [-0.15, -0.1) is 0 Å². The largest absolute Gasteiger partial charge is 0.548 e. The Morgan fingerprint density at radius 2 is 1.81 bits per heavy atom. The van der Waals surface area contributed by atoms with E-state index in [0.717, 1.165) is 0 Å². The first-order chi connectivity index (χ1) is 12.0. The Balaban J connectivity index is 2.54. The number of amides is 1. The van der Waals surface area contributed by atoms with Gasteiger partial charge in [0.25, 0.3) is 0 Å². The molecule has 26 heavy (non-hydrogen) atoms.